The van der Waals surface area contributed by atoms with Crippen molar-refractivity contribution in [3.8, 4) is 0 Å². The lowest BCUT2D eigenvalue weighted by atomic mass is 10.0. The molecule has 0 heterocycles. The van der Waals surface area contributed by atoms with Crippen LogP contribution in [0.4, 0.5) is 0 Å². The van der Waals surface area contributed by atoms with E-state index in [2.05, 4.69) is 39.3 Å². The molecule has 0 aliphatic heterocycles. The second-order valence-corrected chi connectivity index (χ2v) is 6.32. The minimum Gasteiger partial charge on any atom is -0.353 e. The molecule has 1 atom stereocenters. The van der Waals surface area contributed by atoms with Gasteiger partial charge in [0.1, 0.15) is 0 Å². The normalized spacial score (nSPS) is 13.8. The van der Waals surface area contributed by atoms with Gasteiger partial charge in [-0.3, -0.25) is 4.79 Å². The molecule has 0 aromatic rings. The van der Waals surface area contributed by atoms with Gasteiger partial charge in [0, 0.05) is 11.3 Å². The number of hydrogen-bond donors (Lipinski definition) is 2. The molecule has 3 nitrogen and oxygen atoms in total. The first-order chi connectivity index (χ1) is 7.90. The zero-order valence-corrected chi connectivity index (χ0v) is 12.7. The fourth-order valence-corrected chi connectivity index (χ4v) is 2.65. The Bertz CT molecular complexity index is 219. The average Bonchev–Trinajstić information content (AvgIpc) is 2.30. The van der Waals surface area contributed by atoms with Gasteiger partial charge in [-0.05, 0) is 31.4 Å². The fourth-order valence-electron chi connectivity index (χ4n) is 1.86. The molecule has 0 fully saturated rings. The van der Waals surface area contributed by atoms with Gasteiger partial charge in [-0.15, -0.1) is 0 Å². The molecule has 4 heteroatoms. The molecule has 0 bridgehead atoms. The van der Waals surface area contributed by atoms with Crippen LogP contribution in [0.15, 0.2) is 0 Å². The van der Waals surface area contributed by atoms with Gasteiger partial charge in [-0.1, -0.05) is 27.7 Å². The van der Waals surface area contributed by atoms with Crippen molar-refractivity contribution in [1.82, 2.24) is 5.32 Å². The van der Waals surface area contributed by atoms with E-state index in [9.17, 15) is 4.79 Å². The van der Waals surface area contributed by atoms with Crippen LogP contribution in [0.3, 0.4) is 0 Å². The first-order valence-corrected chi connectivity index (χ1v) is 7.71. The van der Waals surface area contributed by atoms with Crippen LogP contribution in [-0.2, 0) is 4.79 Å². The van der Waals surface area contributed by atoms with E-state index in [4.69, 9.17) is 5.73 Å². The van der Waals surface area contributed by atoms with Gasteiger partial charge < -0.3 is 11.1 Å². The molecule has 3 N–H and O–H groups in total. The minimum absolute atomic E-state index is 0.0148. The van der Waals surface area contributed by atoms with Crippen molar-refractivity contribution in [3.63, 3.8) is 0 Å². The van der Waals surface area contributed by atoms with Crippen LogP contribution in [0, 0.1) is 5.92 Å². The smallest absolute Gasteiger partial charge is 0.236 e. The van der Waals surface area contributed by atoms with E-state index in [1.54, 1.807) is 0 Å². The number of nitrogens with two attached hydrogens (primary N) is 1. The molecule has 0 saturated carbocycles. The Morgan fingerprint density at radius 3 is 2.24 bits per heavy atom. The van der Waals surface area contributed by atoms with E-state index in [1.165, 1.54) is 0 Å². The van der Waals surface area contributed by atoms with Crippen LogP contribution in [0.1, 0.15) is 47.0 Å². The summed E-state index contributed by atoms with van der Waals surface area (Å²) in [4.78, 5) is 11.8. The maximum Gasteiger partial charge on any atom is 0.236 e. The molecule has 0 aromatic heterocycles. The number of amides is 1. The van der Waals surface area contributed by atoms with Crippen LogP contribution in [-0.4, -0.2) is 29.5 Å². The molecule has 0 rings (SSSR count). The second kappa shape index (κ2) is 7.98. The van der Waals surface area contributed by atoms with Gasteiger partial charge >= 0.3 is 0 Å². The Balaban J connectivity index is 4.21. The van der Waals surface area contributed by atoms with Gasteiger partial charge in [0.05, 0.1) is 6.04 Å². The third kappa shape index (κ3) is 5.77. The van der Waals surface area contributed by atoms with Gasteiger partial charge in [0.15, 0.2) is 0 Å². The summed E-state index contributed by atoms with van der Waals surface area (Å²) in [6.07, 6.45) is 4.97. The molecular weight excluding hydrogens is 232 g/mol. The molecule has 0 saturated heterocycles. The third-order valence-corrected chi connectivity index (χ3v) is 4.96. The minimum atomic E-state index is -0.372. The molecule has 0 aliphatic carbocycles. The first-order valence-electron chi connectivity index (χ1n) is 6.49. The van der Waals surface area contributed by atoms with E-state index >= 15 is 0 Å². The van der Waals surface area contributed by atoms with Crippen molar-refractivity contribution in [2.75, 3.05) is 12.8 Å². The Morgan fingerprint density at radius 2 is 1.88 bits per heavy atom. The number of thioether (sulfide) groups is 1. The van der Waals surface area contributed by atoms with Crippen LogP contribution in [0.5, 0.6) is 0 Å². The highest BCUT2D eigenvalue weighted by molar-refractivity contribution is 8.00. The maximum absolute atomic E-state index is 11.8. The molecule has 17 heavy (non-hydrogen) atoms. The number of rotatable bonds is 8. The molecule has 0 radical (unpaired) electrons. The van der Waals surface area contributed by atoms with E-state index in [0.29, 0.717) is 12.5 Å². The Kier molecular flexibility index (Phi) is 7.88. The summed E-state index contributed by atoms with van der Waals surface area (Å²) in [5.41, 5.74) is 5.85. The van der Waals surface area contributed by atoms with Gasteiger partial charge in [-0.2, -0.15) is 11.8 Å². The number of hydrogen-bond acceptors (Lipinski definition) is 3. The number of nitrogens with one attached hydrogen (secondary N) is 1. The number of carbonyl (C=O) groups excluding carboxylic acids is 1. The predicted molar refractivity (Wildman–Crippen MR) is 77.3 cm³/mol. The highest BCUT2D eigenvalue weighted by Gasteiger charge is 2.26. The average molecular weight is 260 g/mol. The van der Waals surface area contributed by atoms with E-state index in [-0.39, 0.29) is 16.7 Å². The topological polar surface area (TPSA) is 55.1 Å². The lowest BCUT2D eigenvalue weighted by molar-refractivity contribution is -0.122. The summed E-state index contributed by atoms with van der Waals surface area (Å²) >= 11 is 1.83. The van der Waals surface area contributed by atoms with E-state index in [0.717, 1.165) is 19.3 Å². The summed E-state index contributed by atoms with van der Waals surface area (Å²) in [5, 5.41) is 3.00. The quantitative estimate of drug-likeness (QED) is 0.704. The van der Waals surface area contributed by atoms with Crippen LogP contribution in [0.2, 0.25) is 0 Å². The Morgan fingerprint density at radius 1 is 1.35 bits per heavy atom. The highest BCUT2D eigenvalue weighted by atomic mass is 32.2. The fraction of sp³-hybridized carbons (Fsp3) is 0.923. The Labute approximate surface area is 110 Å². The third-order valence-electron chi connectivity index (χ3n) is 3.37. The summed E-state index contributed by atoms with van der Waals surface area (Å²) in [6.45, 7) is 9.21. The zero-order chi connectivity index (χ0) is 13.5. The molecule has 102 valence electrons. The van der Waals surface area contributed by atoms with Crippen LogP contribution in [0.25, 0.3) is 0 Å². The standard InChI is InChI=1S/C13H28N2OS/c1-6-13(7-2,17-5)9-15-12(16)11(14)8-10(3)4/h10-11H,6-9,14H2,1-5H3,(H,15,16). The second-order valence-electron chi connectivity index (χ2n) is 5.05. The largest absolute Gasteiger partial charge is 0.353 e. The van der Waals surface area contributed by atoms with Crippen molar-refractivity contribution in [2.45, 2.75) is 57.7 Å². The molecule has 0 aromatic carbocycles. The van der Waals surface area contributed by atoms with Gasteiger partial charge in [0.2, 0.25) is 5.91 Å². The van der Waals surface area contributed by atoms with Crippen LogP contribution < -0.4 is 11.1 Å². The Hall–Kier alpha value is -0.220. The van der Waals surface area contributed by atoms with Crippen LogP contribution >= 0.6 is 11.8 Å². The number of carbonyl (C=O) groups is 1. The van der Waals surface area contributed by atoms with Crippen molar-refractivity contribution < 1.29 is 4.79 Å². The molecule has 1 amide bonds. The highest BCUT2D eigenvalue weighted by Crippen LogP contribution is 2.29. The van der Waals surface area contributed by atoms with Crippen molar-refractivity contribution >= 4 is 17.7 Å². The van der Waals surface area contributed by atoms with E-state index < -0.39 is 0 Å². The predicted octanol–water partition coefficient (Wildman–Crippen LogP) is 2.40. The maximum atomic E-state index is 11.8. The van der Waals surface area contributed by atoms with Crippen molar-refractivity contribution in [3.05, 3.63) is 0 Å². The monoisotopic (exact) mass is 260 g/mol. The molecular formula is C13H28N2OS. The zero-order valence-electron chi connectivity index (χ0n) is 11.9. The molecule has 1 unspecified atom stereocenters. The SMILES string of the molecule is CCC(CC)(CNC(=O)C(N)CC(C)C)SC. The van der Waals surface area contributed by atoms with Gasteiger partial charge in [0.25, 0.3) is 0 Å². The van der Waals surface area contributed by atoms with Crippen molar-refractivity contribution in [2.24, 2.45) is 11.7 Å². The summed E-state index contributed by atoms with van der Waals surface area (Å²) in [6, 6.07) is -0.372. The summed E-state index contributed by atoms with van der Waals surface area (Å²) < 4.78 is 0.160. The molecule has 0 aliphatic rings. The van der Waals surface area contributed by atoms with Gasteiger partial charge in [-0.25, -0.2) is 0 Å². The van der Waals surface area contributed by atoms with E-state index in [1.807, 2.05) is 11.8 Å². The molecule has 0 spiro atoms. The first kappa shape index (κ1) is 16.8. The summed E-state index contributed by atoms with van der Waals surface area (Å²) in [7, 11) is 0. The lowest BCUT2D eigenvalue weighted by Crippen LogP contribution is -2.47. The summed E-state index contributed by atoms with van der Waals surface area (Å²) in [5.74, 6) is 0.442. The van der Waals surface area contributed by atoms with Crippen molar-refractivity contribution in [1.29, 1.82) is 0 Å². The lowest BCUT2D eigenvalue weighted by Gasteiger charge is -2.30.